The Hall–Kier alpha value is -0.750. The molecule has 1 atom stereocenters. The summed E-state index contributed by atoms with van der Waals surface area (Å²) in [6.07, 6.45) is 7.38. The third kappa shape index (κ3) is 1.61. The lowest BCUT2D eigenvalue weighted by molar-refractivity contribution is 0.591. The predicted molar refractivity (Wildman–Crippen MR) is 39.9 cm³/mol. The van der Waals surface area contributed by atoms with Crippen LogP contribution in [0.3, 0.4) is 0 Å². The Balaban J connectivity index is 2.86. The molecule has 0 bridgehead atoms. The zero-order chi connectivity index (χ0) is 7.61. The lowest BCUT2D eigenvalue weighted by Gasteiger charge is -2.10. The maximum Gasteiger partial charge on any atom is 0.172 e. The third-order valence-electron chi connectivity index (χ3n) is 1.39. The van der Waals surface area contributed by atoms with Crippen molar-refractivity contribution in [3.63, 3.8) is 0 Å². The van der Waals surface area contributed by atoms with Crippen molar-refractivity contribution in [1.29, 1.82) is 0 Å². The van der Waals surface area contributed by atoms with E-state index in [0.717, 1.165) is 0 Å². The maximum atomic E-state index is 10.8. The van der Waals surface area contributed by atoms with Gasteiger partial charge in [0.05, 0.1) is 5.75 Å². The number of sulfone groups is 1. The van der Waals surface area contributed by atoms with Gasteiger partial charge in [0, 0.05) is 11.3 Å². The maximum absolute atomic E-state index is 10.8. The average Bonchev–Trinajstić information content (AvgIpc) is 1.86. The van der Waals surface area contributed by atoms with Crippen molar-refractivity contribution in [1.82, 2.24) is 0 Å². The van der Waals surface area contributed by atoms with Gasteiger partial charge < -0.3 is 0 Å². The summed E-state index contributed by atoms with van der Waals surface area (Å²) in [5.41, 5.74) is 0. The number of hydrogen-bond acceptors (Lipinski definition) is 2. The van der Waals surface area contributed by atoms with E-state index >= 15 is 0 Å². The Labute approximate surface area is 60.9 Å². The molecule has 0 saturated carbocycles. The topological polar surface area (TPSA) is 34.1 Å². The molecular formula is C7H8O2S. The molecule has 54 valence electrons. The summed E-state index contributed by atoms with van der Waals surface area (Å²) >= 11 is 0. The van der Waals surface area contributed by atoms with Crippen LogP contribution in [-0.4, -0.2) is 14.2 Å². The Bertz CT molecular complexity index is 279. The summed E-state index contributed by atoms with van der Waals surface area (Å²) in [4.78, 5) is 0. The fraction of sp³-hybridized carbons (Fsp3) is 0.429. The fourth-order valence-corrected chi connectivity index (χ4v) is 2.20. The molecule has 0 amide bonds. The Morgan fingerprint density at radius 3 is 2.70 bits per heavy atom. The smallest absolute Gasteiger partial charge is 0.172 e. The van der Waals surface area contributed by atoms with E-state index in [1.54, 1.807) is 6.08 Å². The second-order valence-electron chi connectivity index (χ2n) is 2.30. The fourth-order valence-electron chi connectivity index (χ4n) is 0.887. The molecule has 1 aliphatic heterocycles. The van der Waals surface area contributed by atoms with Gasteiger partial charge in [-0.05, 0) is 6.42 Å². The van der Waals surface area contributed by atoms with Crippen molar-refractivity contribution in [2.45, 2.75) is 6.42 Å². The molecule has 0 spiro atoms. The van der Waals surface area contributed by atoms with E-state index in [4.69, 9.17) is 6.42 Å². The summed E-state index contributed by atoms with van der Waals surface area (Å²) in [6, 6.07) is 0. The van der Waals surface area contributed by atoms with E-state index in [-0.39, 0.29) is 11.7 Å². The first-order chi connectivity index (χ1) is 4.64. The Morgan fingerprint density at radius 2 is 2.30 bits per heavy atom. The SMILES string of the molecule is C#CC1CC=CS(=O)(=O)C1. The molecule has 1 rings (SSSR count). The molecule has 1 heterocycles. The minimum atomic E-state index is -2.97. The van der Waals surface area contributed by atoms with E-state index < -0.39 is 9.84 Å². The van der Waals surface area contributed by atoms with E-state index in [2.05, 4.69) is 5.92 Å². The van der Waals surface area contributed by atoms with Crippen LogP contribution < -0.4 is 0 Å². The number of allylic oxidation sites excluding steroid dienone is 1. The molecule has 10 heavy (non-hydrogen) atoms. The normalized spacial score (nSPS) is 29.3. The minimum Gasteiger partial charge on any atom is -0.224 e. The summed E-state index contributed by atoms with van der Waals surface area (Å²) < 4.78 is 21.7. The highest BCUT2D eigenvalue weighted by Gasteiger charge is 2.17. The minimum absolute atomic E-state index is 0.111. The highest BCUT2D eigenvalue weighted by Crippen LogP contribution is 2.14. The van der Waals surface area contributed by atoms with Gasteiger partial charge in [-0.2, -0.15) is 0 Å². The first-order valence-electron chi connectivity index (χ1n) is 2.99. The lowest BCUT2D eigenvalue weighted by atomic mass is 10.1. The largest absolute Gasteiger partial charge is 0.224 e. The number of hydrogen-bond donors (Lipinski definition) is 0. The van der Waals surface area contributed by atoms with Gasteiger partial charge in [0.15, 0.2) is 9.84 Å². The molecule has 0 aromatic carbocycles. The summed E-state index contributed by atoms with van der Waals surface area (Å²) in [5, 5.41) is 1.24. The first kappa shape index (κ1) is 7.36. The zero-order valence-corrected chi connectivity index (χ0v) is 6.26. The van der Waals surface area contributed by atoms with Gasteiger partial charge in [0.2, 0.25) is 0 Å². The summed E-state index contributed by atoms with van der Waals surface area (Å²) in [5.74, 6) is 2.42. The van der Waals surface area contributed by atoms with Gasteiger partial charge >= 0.3 is 0 Å². The Morgan fingerprint density at radius 1 is 1.60 bits per heavy atom. The van der Waals surface area contributed by atoms with Gasteiger partial charge in [-0.25, -0.2) is 8.42 Å². The van der Waals surface area contributed by atoms with E-state index in [0.29, 0.717) is 6.42 Å². The molecule has 2 nitrogen and oxygen atoms in total. The summed E-state index contributed by atoms with van der Waals surface area (Å²) in [7, 11) is -2.97. The second kappa shape index (κ2) is 2.47. The number of terminal acetylenes is 1. The monoisotopic (exact) mass is 156 g/mol. The van der Waals surface area contributed by atoms with Crippen molar-refractivity contribution in [2.24, 2.45) is 5.92 Å². The van der Waals surface area contributed by atoms with Crippen LogP contribution in [0.2, 0.25) is 0 Å². The van der Waals surface area contributed by atoms with E-state index in [9.17, 15) is 8.42 Å². The molecule has 0 aliphatic carbocycles. The van der Waals surface area contributed by atoms with Crippen molar-refractivity contribution < 1.29 is 8.42 Å². The number of rotatable bonds is 0. The average molecular weight is 156 g/mol. The van der Waals surface area contributed by atoms with Crippen molar-refractivity contribution in [3.8, 4) is 12.3 Å². The van der Waals surface area contributed by atoms with Crippen LogP contribution in [0.5, 0.6) is 0 Å². The van der Waals surface area contributed by atoms with Crippen LogP contribution in [-0.2, 0) is 9.84 Å². The predicted octanol–water partition coefficient (Wildman–Crippen LogP) is 0.568. The zero-order valence-electron chi connectivity index (χ0n) is 5.45. The van der Waals surface area contributed by atoms with E-state index in [1.165, 1.54) is 5.41 Å². The highest BCUT2D eigenvalue weighted by atomic mass is 32.2. The molecular weight excluding hydrogens is 148 g/mol. The standard InChI is InChI=1S/C7H8O2S/c1-2-7-4-3-5-10(8,9)6-7/h1,3,5,7H,4,6H2. The first-order valence-corrected chi connectivity index (χ1v) is 4.71. The van der Waals surface area contributed by atoms with E-state index in [1.807, 2.05) is 0 Å². The molecule has 0 N–H and O–H groups in total. The van der Waals surface area contributed by atoms with Crippen LogP contribution >= 0.6 is 0 Å². The van der Waals surface area contributed by atoms with Crippen molar-refractivity contribution in [2.75, 3.05) is 5.75 Å². The second-order valence-corrected chi connectivity index (χ2v) is 4.23. The van der Waals surface area contributed by atoms with Crippen LogP contribution in [0.4, 0.5) is 0 Å². The van der Waals surface area contributed by atoms with Gasteiger partial charge in [0.1, 0.15) is 0 Å². The third-order valence-corrected chi connectivity index (χ3v) is 2.87. The van der Waals surface area contributed by atoms with Gasteiger partial charge in [-0.15, -0.1) is 12.3 Å². The van der Waals surface area contributed by atoms with Crippen molar-refractivity contribution >= 4 is 9.84 Å². The lowest BCUT2D eigenvalue weighted by Crippen LogP contribution is -2.15. The quantitative estimate of drug-likeness (QED) is 0.480. The molecule has 0 fully saturated rings. The van der Waals surface area contributed by atoms with Crippen LogP contribution in [0.15, 0.2) is 11.5 Å². The molecule has 3 heteroatoms. The molecule has 0 saturated heterocycles. The van der Waals surface area contributed by atoms with Crippen LogP contribution in [0.25, 0.3) is 0 Å². The molecule has 0 radical (unpaired) electrons. The van der Waals surface area contributed by atoms with Crippen LogP contribution in [0, 0.1) is 18.3 Å². The molecule has 0 aromatic rings. The van der Waals surface area contributed by atoms with Crippen molar-refractivity contribution in [3.05, 3.63) is 11.5 Å². The van der Waals surface area contributed by atoms with Gasteiger partial charge in [-0.1, -0.05) is 6.08 Å². The molecule has 1 unspecified atom stereocenters. The van der Waals surface area contributed by atoms with Gasteiger partial charge in [-0.3, -0.25) is 0 Å². The Kier molecular flexibility index (Phi) is 1.82. The van der Waals surface area contributed by atoms with Crippen LogP contribution in [0.1, 0.15) is 6.42 Å². The highest BCUT2D eigenvalue weighted by molar-refractivity contribution is 7.94. The van der Waals surface area contributed by atoms with Gasteiger partial charge in [0.25, 0.3) is 0 Å². The summed E-state index contributed by atoms with van der Waals surface area (Å²) in [6.45, 7) is 0. The molecule has 1 aliphatic rings. The molecule has 0 aromatic heterocycles.